The van der Waals surface area contributed by atoms with Crippen LogP contribution < -0.4 is 5.73 Å². The van der Waals surface area contributed by atoms with Crippen molar-refractivity contribution in [2.75, 3.05) is 5.73 Å². The van der Waals surface area contributed by atoms with Gasteiger partial charge in [0.05, 0.1) is 11.9 Å². The van der Waals surface area contributed by atoms with E-state index < -0.39 is 0 Å². The zero-order valence-electron chi connectivity index (χ0n) is 9.87. The maximum atomic E-state index is 5.76. The third-order valence-corrected chi connectivity index (χ3v) is 2.78. The summed E-state index contributed by atoms with van der Waals surface area (Å²) in [5.41, 5.74) is 8.57. The highest BCUT2D eigenvalue weighted by molar-refractivity contribution is 5.66. The van der Waals surface area contributed by atoms with E-state index in [0.29, 0.717) is 11.7 Å². The smallest absolute Gasteiger partial charge is 0.225 e. The Morgan fingerprint density at radius 2 is 1.89 bits per heavy atom. The van der Waals surface area contributed by atoms with Crippen LogP contribution in [0.1, 0.15) is 0 Å². The first kappa shape index (κ1) is 10.6. The molecule has 0 amide bonds. The van der Waals surface area contributed by atoms with Crippen LogP contribution in [-0.4, -0.2) is 14.8 Å². The van der Waals surface area contributed by atoms with Gasteiger partial charge in [-0.15, -0.1) is 0 Å². The second kappa shape index (κ2) is 4.03. The minimum Gasteiger partial charge on any atom is -0.445 e. The van der Waals surface area contributed by atoms with Crippen LogP contribution in [0.3, 0.4) is 0 Å². The molecule has 0 aliphatic rings. The van der Waals surface area contributed by atoms with Crippen molar-refractivity contribution in [2.24, 2.45) is 7.05 Å². The Balaban J connectivity index is 1.96. The molecule has 0 aliphatic carbocycles. The minimum absolute atomic E-state index is 0.613. The monoisotopic (exact) mass is 240 g/mol. The average Bonchev–Trinajstić information content (AvgIpc) is 3.01. The van der Waals surface area contributed by atoms with E-state index in [-0.39, 0.29) is 0 Å². The van der Waals surface area contributed by atoms with E-state index in [4.69, 9.17) is 10.2 Å². The third kappa shape index (κ3) is 1.75. The molecule has 0 radical (unpaired) electrons. The summed E-state index contributed by atoms with van der Waals surface area (Å²) in [6.07, 6.45) is 3.19. The number of nitrogens with two attached hydrogens (primary N) is 1. The standard InChI is InChI=1S/C13H12N4O/c1-17-12(14)8-11(16-17)9-2-4-10(5-3-9)13-15-6-7-18-13/h2-8H,14H2,1H3. The lowest BCUT2D eigenvalue weighted by Crippen LogP contribution is -1.96. The summed E-state index contributed by atoms with van der Waals surface area (Å²) in [6.45, 7) is 0. The van der Waals surface area contributed by atoms with Crippen LogP contribution in [0.5, 0.6) is 0 Å². The molecule has 3 rings (SSSR count). The van der Waals surface area contributed by atoms with E-state index in [1.165, 1.54) is 0 Å². The lowest BCUT2D eigenvalue weighted by atomic mass is 10.1. The first-order valence-corrected chi connectivity index (χ1v) is 5.54. The highest BCUT2D eigenvalue weighted by Crippen LogP contribution is 2.23. The fraction of sp³-hybridized carbons (Fsp3) is 0.0769. The fourth-order valence-corrected chi connectivity index (χ4v) is 1.77. The maximum absolute atomic E-state index is 5.76. The van der Waals surface area contributed by atoms with E-state index in [2.05, 4.69) is 10.1 Å². The van der Waals surface area contributed by atoms with Gasteiger partial charge in [0.2, 0.25) is 5.89 Å². The van der Waals surface area contributed by atoms with Gasteiger partial charge >= 0.3 is 0 Å². The van der Waals surface area contributed by atoms with E-state index in [1.54, 1.807) is 17.1 Å². The molecule has 0 aliphatic heterocycles. The zero-order valence-corrected chi connectivity index (χ0v) is 9.87. The lowest BCUT2D eigenvalue weighted by molar-refractivity contribution is 0.574. The summed E-state index contributed by atoms with van der Waals surface area (Å²) in [4.78, 5) is 4.10. The molecule has 0 spiro atoms. The van der Waals surface area contributed by atoms with E-state index in [9.17, 15) is 0 Å². The SMILES string of the molecule is Cn1nc(-c2ccc(-c3ncco3)cc2)cc1N. The number of rotatable bonds is 2. The number of oxazole rings is 1. The summed E-state index contributed by atoms with van der Waals surface area (Å²) >= 11 is 0. The number of nitrogen functional groups attached to an aromatic ring is 1. The second-order valence-electron chi connectivity index (χ2n) is 3.99. The molecule has 5 nitrogen and oxygen atoms in total. The number of aromatic nitrogens is 3. The normalized spacial score (nSPS) is 10.7. The number of nitrogens with zero attached hydrogens (tertiary/aromatic N) is 3. The van der Waals surface area contributed by atoms with Crippen molar-refractivity contribution < 1.29 is 4.42 Å². The van der Waals surface area contributed by atoms with Gasteiger partial charge in [0.25, 0.3) is 0 Å². The highest BCUT2D eigenvalue weighted by atomic mass is 16.3. The van der Waals surface area contributed by atoms with Gasteiger partial charge in [-0.2, -0.15) is 5.10 Å². The van der Waals surface area contributed by atoms with Crippen molar-refractivity contribution in [1.82, 2.24) is 14.8 Å². The van der Waals surface area contributed by atoms with Gasteiger partial charge in [-0.05, 0) is 12.1 Å². The summed E-state index contributed by atoms with van der Waals surface area (Å²) in [7, 11) is 1.82. The van der Waals surface area contributed by atoms with Crippen molar-refractivity contribution in [2.45, 2.75) is 0 Å². The Hall–Kier alpha value is -2.56. The fourth-order valence-electron chi connectivity index (χ4n) is 1.77. The quantitative estimate of drug-likeness (QED) is 0.746. The molecule has 0 fully saturated rings. The summed E-state index contributed by atoms with van der Waals surface area (Å²) in [5.74, 6) is 1.25. The van der Waals surface area contributed by atoms with Crippen LogP contribution >= 0.6 is 0 Å². The van der Waals surface area contributed by atoms with Crippen molar-refractivity contribution in [1.29, 1.82) is 0 Å². The number of hydrogen-bond acceptors (Lipinski definition) is 4. The van der Waals surface area contributed by atoms with Gasteiger partial charge in [0.1, 0.15) is 12.1 Å². The second-order valence-corrected chi connectivity index (χ2v) is 3.99. The maximum Gasteiger partial charge on any atom is 0.225 e. The van der Waals surface area contributed by atoms with E-state index in [0.717, 1.165) is 16.8 Å². The van der Waals surface area contributed by atoms with Gasteiger partial charge in [-0.1, -0.05) is 12.1 Å². The Bertz CT molecular complexity index is 633. The number of hydrogen-bond donors (Lipinski definition) is 1. The summed E-state index contributed by atoms with van der Waals surface area (Å²) < 4.78 is 6.89. The van der Waals surface area contributed by atoms with Gasteiger partial charge in [0.15, 0.2) is 0 Å². The van der Waals surface area contributed by atoms with Crippen LogP contribution in [0.4, 0.5) is 5.82 Å². The first-order valence-electron chi connectivity index (χ1n) is 5.54. The third-order valence-electron chi connectivity index (χ3n) is 2.78. The molecule has 2 aromatic heterocycles. The van der Waals surface area contributed by atoms with Gasteiger partial charge in [-0.3, -0.25) is 4.68 Å². The van der Waals surface area contributed by atoms with Gasteiger partial charge < -0.3 is 10.2 Å². The number of aryl methyl sites for hydroxylation is 1. The van der Waals surface area contributed by atoms with Crippen molar-refractivity contribution in [3.05, 3.63) is 42.8 Å². The minimum atomic E-state index is 0.613. The summed E-state index contributed by atoms with van der Waals surface area (Å²) in [5, 5.41) is 4.33. The van der Waals surface area contributed by atoms with E-state index >= 15 is 0 Å². The predicted molar refractivity (Wildman–Crippen MR) is 68.6 cm³/mol. The molecule has 90 valence electrons. The Morgan fingerprint density at radius 1 is 1.17 bits per heavy atom. The molecule has 0 saturated carbocycles. The molecule has 0 atom stereocenters. The predicted octanol–water partition coefficient (Wildman–Crippen LogP) is 2.32. The lowest BCUT2D eigenvalue weighted by Gasteiger charge is -1.98. The Kier molecular flexibility index (Phi) is 2.37. The van der Waals surface area contributed by atoms with Crippen molar-refractivity contribution in [3.63, 3.8) is 0 Å². The number of anilines is 1. The van der Waals surface area contributed by atoms with Crippen LogP contribution in [0.25, 0.3) is 22.7 Å². The summed E-state index contributed by atoms with van der Waals surface area (Å²) in [6, 6.07) is 9.70. The molecule has 18 heavy (non-hydrogen) atoms. The van der Waals surface area contributed by atoms with Crippen molar-refractivity contribution in [3.8, 4) is 22.7 Å². The number of benzene rings is 1. The molecule has 1 aromatic carbocycles. The molecular formula is C13H12N4O. The van der Waals surface area contributed by atoms with Crippen LogP contribution in [-0.2, 0) is 7.05 Å². The van der Waals surface area contributed by atoms with Crippen LogP contribution in [0, 0.1) is 0 Å². The van der Waals surface area contributed by atoms with Crippen molar-refractivity contribution >= 4 is 5.82 Å². The topological polar surface area (TPSA) is 69.9 Å². The molecule has 0 unspecified atom stereocenters. The van der Waals surface area contributed by atoms with Gasteiger partial charge in [-0.25, -0.2) is 4.98 Å². The molecule has 3 aromatic rings. The Labute approximate surface area is 104 Å². The largest absolute Gasteiger partial charge is 0.445 e. The molecule has 0 bridgehead atoms. The zero-order chi connectivity index (χ0) is 12.5. The van der Waals surface area contributed by atoms with E-state index in [1.807, 2.05) is 37.4 Å². The molecule has 2 N–H and O–H groups in total. The van der Waals surface area contributed by atoms with Gasteiger partial charge in [0, 0.05) is 24.2 Å². The molecular weight excluding hydrogens is 228 g/mol. The molecule has 0 saturated heterocycles. The highest BCUT2D eigenvalue weighted by Gasteiger charge is 2.06. The average molecular weight is 240 g/mol. The molecule has 2 heterocycles. The van der Waals surface area contributed by atoms with Crippen LogP contribution in [0.2, 0.25) is 0 Å². The Morgan fingerprint density at radius 3 is 2.44 bits per heavy atom. The van der Waals surface area contributed by atoms with Crippen LogP contribution in [0.15, 0.2) is 47.2 Å². The first-order chi connectivity index (χ1) is 8.74. The molecule has 5 heteroatoms.